The number of aromatic nitrogens is 1. The first-order valence-electron chi connectivity index (χ1n) is 6.91. The molecular formula is C15H26N2. The normalized spacial score (nSPS) is 14.5. The molecule has 96 valence electrons. The van der Waals surface area contributed by atoms with Gasteiger partial charge in [0, 0.05) is 18.4 Å². The molecule has 1 rings (SSSR count). The molecule has 0 spiro atoms. The van der Waals surface area contributed by atoms with Gasteiger partial charge in [0.15, 0.2) is 0 Å². The van der Waals surface area contributed by atoms with Gasteiger partial charge in [0.05, 0.1) is 0 Å². The van der Waals surface area contributed by atoms with Crippen molar-refractivity contribution < 1.29 is 0 Å². The third-order valence-corrected chi connectivity index (χ3v) is 3.46. The lowest BCUT2D eigenvalue weighted by atomic mass is 9.98. The van der Waals surface area contributed by atoms with E-state index in [4.69, 9.17) is 0 Å². The van der Waals surface area contributed by atoms with Gasteiger partial charge in [-0.2, -0.15) is 0 Å². The average molecular weight is 234 g/mol. The standard InChI is InChI=1S/C15H26N2/c1-4-6-7-14(5-2)12-17-13(3)15-8-10-16-11-9-15/h8-11,13-14,17H,4-7,12H2,1-3H3. The van der Waals surface area contributed by atoms with Crippen molar-refractivity contribution in [3.05, 3.63) is 30.1 Å². The first-order valence-corrected chi connectivity index (χ1v) is 6.91. The van der Waals surface area contributed by atoms with Gasteiger partial charge in [-0.1, -0.05) is 33.1 Å². The summed E-state index contributed by atoms with van der Waals surface area (Å²) in [5.74, 6) is 0.819. The van der Waals surface area contributed by atoms with Crippen LogP contribution in [-0.2, 0) is 0 Å². The van der Waals surface area contributed by atoms with E-state index in [-0.39, 0.29) is 0 Å². The fourth-order valence-corrected chi connectivity index (χ4v) is 2.06. The molecule has 0 radical (unpaired) electrons. The summed E-state index contributed by atoms with van der Waals surface area (Å²) in [5, 5.41) is 3.63. The summed E-state index contributed by atoms with van der Waals surface area (Å²) in [5.41, 5.74) is 1.32. The summed E-state index contributed by atoms with van der Waals surface area (Å²) in [6.45, 7) is 7.90. The molecule has 0 aliphatic rings. The van der Waals surface area contributed by atoms with Gasteiger partial charge in [-0.3, -0.25) is 4.98 Å². The van der Waals surface area contributed by atoms with Gasteiger partial charge in [-0.25, -0.2) is 0 Å². The second kappa shape index (κ2) is 8.24. The van der Waals surface area contributed by atoms with Crippen molar-refractivity contribution in [1.29, 1.82) is 0 Å². The van der Waals surface area contributed by atoms with Crippen LogP contribution >= 0.6 is 0 Å². The van der Waals surface area contributed by atoms with Crippen LogP contribution in [0.4, 0.5) is 0 Å². The van der Waals surface area contributed by atoms with Crippen molar-refractivity contribution in [2.45, 2.75) is 52.5 Å². The lowest BCUT2D eigenvalue weighted by Crippen LogP contribution is -2.25. The van der Waals surface area contributed by atoms with Crippen LogP contribution in [0, 0.1) is 5.92 Å². The summed E-state index contributed by atoms with van der Waals surface area (Å²) in [6.07, 6.45) is 9.00. The van der Waals surface area contributed by atoms with Crippen molar-refractivity contribution in [2.75, 3.05) is 6.54 Å². The van der Waals surface area contributed by atoms with E-state index in [0.29, 0.717) is 6.04 Å². The molecule has 0 aromatic carbocycles. The minimum atomic E-state index is 0.425. The van der Waals surface area contributed by atoms with Crippen molar-refractivity contribution in [2.24, 2.45) is 5.92 Å². The van der Waals surface area contributed by atoms with Gasteiger partial charge in [0.1, 0.15) is 0 Å². The van der Waals surface area contributed by atoms with Crippen molar-refractivity contribution >= 4 is 0 Å². The Morgan fingerprint density at radius 2 is 1.94 bits per heavy atom. The predicted octanol–water partition coefficient (Wildman–Crippen LogP) is 3.95. The van der Waals surface area contributed by atoms with Gasteiger partial charge in [-0.15, -0.1) is 0 Å². The molecule has 17 heavy (non-hydrogen) atoms. The third kappa shape index (κ3) is 5.31. The minimum Gasteiger partial charge on any atom is -0.310 e. The molecule has 0 saturated heterocycles. The van der Waals surface area contributed by atoms with E-state index in [1.165, 1.54) is 31.2 Å². The van der Waals surface area contributed by atoms with E-state index < -0.39 is 0 Å². The van der Waals surface area contributed by atoms with Crippen molar-refractivity contribution in [3.63, 3.8) is 0 Å². The Kier molecular flexibility index (Phi) is 6.87. The van der Waals surface area contributed by atoms with E-state index in [2.05, 4.69) is 43.2 Å². The van der Waals surface area contributed by atoms with Crippen LogP contribution in [0.2, 0.25) is 0 Å². The highest BCUT2D eigenvalue weighted by molar-refractivity contribution is 5.13. The lowest BCUT2D eigenvalue weighted by Gasteiger charge is -2.19. The highest BCUT2D eigenvalue weighted by Crippen LogP contribution is 2.15. The van der Waals surface area contributed by atoms with Crippen LogP contribution in [-0.4, -0.2) is 11.5 Å². The molecule has 2 heteroatoms. The molecule has 0 saturated carbocycles. The van der Waals surface area contributed by atoms with Crippen LogP contribution in [0.15, 0.2) is 24.5 Å². The molecule has 0 bridgehead atoms. The summed E-state index contributed by atoms with van der Waals surface area (Å²) in [7, 11) is 0. The largest absolute Gasteiger partial charge is 0.310 e. The monoisotopic (exact) mass is 234 g/mol. The van der Waals surface area contributed by atoms with Crippen LogP contribution in [0.3, 0.4) is 0 Å². The SMILES string of the molecule is CCCCC(CC)CNC(C)c1ccncc1. The van der Waals surface area contributed by atoms with E-state index in [1.54, 1.807) is 0 Å². The minimum absolute atomic E-state index is 0.425. The molecule has 2 nitrogen and oxygen atoms in total. The smallest absolute Gasteiger partial charge is 0.0293 e. The zero-order chi connectivity index (χ0) is 12.5. The summed E-state index contributed by atoms with van der Waals surface area (Å²) in [6, 6.07) is 4.60. The second-order valence-corrected chi connectivity index (χ2v) is 4.83. The zero-order valence-corrected chi connectivity index (χ0v) is 11.4. The van der Waals surface area contributed by atoms with Gasteiger partial charge >= 0.3 is 0 Å². The zero-order valence-electron chi connectivity index (χ0n) is 11.4. The van der Waals surface area contributed by atoms with Crippen molar-refractivity contribution in [1.82, 2.24) is 10.3 Å². The van der Waals surface area contributed by atoms with Gasteiger partial charge in [0.25, 0.3) is 0 Å². The van der Waals surface area contributed by atoms with Crippen LogP contribution in [0.5, 0.6) is 0 Å². The number of pyridine rings is 1. The molecule has 0 amide bonds. The Labute approximate surface area is 106 Å². The summed E-state index contributed by atoms with van der Waals surface area (Å²) < 4.78 is 0. The first-order chi connectivity index (χ1) is 8.27. The fraction of sp³-hybridized carbons (Fsp3) is 0.667. The number of rotatable bonds is 8. The Hall–Kier alpha value is -0.890. The predicted molar refractivity (Wildman–Crippen MR) is 74.0 cm³/mol. The van der Waals surface area contributed by atoms with E-state index in [9.17, 15) is 0 Å². The highest BCUT2D eigenvalue weighted by Gasteiger charge is 2.09. The Morgan fingerprint density at radius 3 is 2.53 bits per heavy atom. The van der Waals surface area contributed by atoms with Gasteiger partial charge < -0.3 is 5.32 Å². The summed E-state index contributed by atoms with van der Waals surface area (Å²) in [4.78, 5) is 4.05. The van der Waals surface area contributed by atoms with E-state index >= 15 is 0 Å². The lowest BCUT2D eigenvalue weighted by molar-refractivity contribution is 0.398. The fourth-order valence-electron chi connectivity index (χ4n) is 2.06. The molecule has 1 heterocycles. The number of nitrogens with zero attached hydrogens (tertiary/aromatic N) is 1. The molecule has 0 aliphatic heterocycles. The second-order valence-electron chi connectivity index (χ2n) is 4.83. The van der Waals surface area contributed by atoms with E-state index in [0.717, 1.165) is 12.5 Å². The topological polar surface area (TPSA) is 24.9 Å². The summed E-state index contributed by atoms with van der Waals surface area (Å²) >= 11 is 0. The maximum absolute atomic E-state index is 4.05. The molecule has 1 N–H and O–H groups in total. The molecule has 2 unspecified atom stereocenters. The van der Waals surface area contributed by atoms with Crippen LogP contribution in [0.1, 0.15) is 58.1 Å². The molecule has 0 fully saturated rings. The maximum atomic E-state index is 4.05. The Balaban J connectivity index is 2.33. The van der Waals surface area contributed by atoms with Crippen LogP contribution in [0.25, 0.3) is 0 Å². The van der Waals surface area contributed by atoms with E-state index in [1.807, 2.05) is 12.4 Å². The van der Waals surface area contributed by atoms with Gasteiger partial charge in [0.2, 0.25) is 0 Å². The quantitative estimate of drug-likeness (QED) is 0.736. The number of hydrogen-bond donors (Lipinski definition) is 1. The van der Waals surface area contributed by atoms with Gasteiger partial charge in [-0.05, 0) is 43.5 Å². The molecule has 1 aromatic rings. The Morgan fingerprint density at radius 1 is 1.24 bits per heavy atom. The molecule has 1 aromatic heterocycles. The average Bonchev–Trinajstić information content (AvgIpc) is 2.39. The molecule has 2 atom stereocenters. The number of nitrogens with one attached hydrogen (secondary N) is 1. The third-order valence-electron chi connectivity index (χ3n) is 3.46. The first kappa shape index (κ1) is 14.2. The molecule has 0 aliphatic carbocycles. The maximum Gasteiger partial charge on any atom is 0.0293 e. The number of unbranched alkanes of at least 4 members (excludes halogenated alkanes) is 1. The highest BCUT2D eigenvalue weighted by atomic mass is 14.9. The van der Waals surface area contributed by atoms with Crippen LogP contribution < -0.4 is 5.32 Å². The Bertz CT molecular complexity index is 284. The number of hydrogen-bond acceptors (Lipinski definition) is 2. The molecular weight excluding hydrogens is 208 g/mol. The van der Waals surface area contributed by atoms with Crippen molar-refractivity contribution in [3.8, 4) is 0 Å².